The maximum absolute atomic E-state index is 10.5. The molecule has 0 radical (unpaired) electrons. The zero-order chi connectivity index (χ0) is 12.7. The molecule has 3 rings (SSSR count). The number of carbonyl (C=O) groups is 1. The number of nitrogen functional groups attached to an aromatic ring is 1. The van der Waals surface area contributed by atoms with Crippen LogP contribution in [0, 0.1) is 11.8 Å². The number of carboxylic acid groups (broad SMARTS) is 1. The number of nitrogens with one attached hydrogen (secondary N) is 1. The molecular formula is C12H16N4O2. The van der Waals surface area contributed by atoms with E-state index < -0.39 is 6.09 Å². The maximum atomic E-state index is 10.5. The van der Waals surface area contributed by atoms with Crippen molar-refractivity contribution in [3.05, 3.63) is 23.9 Å². The Morgan fingerprint density at radius 2 is 2.22 bits per heavy atom. The van der Waals surface area contributed by atoms with Crippen molar-refractivity contribution in [2.24, 2.45) is 11.8 Å². The van der Waals surface area contributed by atoms with E-state index in [4.69, 9.17) is 10.8 Å². The molecule has 2 heterocycles. The Hall–Kier alpha value is -1.82. The van der Waals surface area contributed by atoms with Crippen LogP contribution in [0.25, 0.3) is 0 Å². The van der Waals surface area contributed by atoms with E-state index in [2.05, 4.69) is 15.2 Å². The van der Waals surface area contributed by atoms with Gasteiger partial charge in [-0.3, -0.25) is 4.90 Å². The highest BCUT2D eigenvalue weighted by Gasteiger charge is 2.56. The summed E-state index contributed by atoms with van der Waals surface area (Å²) < 4.78 is 0. The number of amides is 1. The van der Waals surface area contributed by atoms with Crippen LogP contribution in [-0.4, -0.2) is 40.2 Å². The molecular weight excluding hydrogens is 232 g/mol. The van der Waals surface area contributed by atoms with Gasteiger partial charge in [0.1, 0.15) is 5.82 Å². The van der Waals surface area contributed by atoms with E-state index in [9.17, 15) is 4.79 Å². The summed E-state index contributed by atoms with van der Waals surface area (Å²) in [5.74, 6) is 1.51. The summed E-state index contributed by atoms with van der Waals surface area (Å²) in [7, 11) is 0. The summed E-state index contributed by atoms with van der Waals surface area (Å²) in [5.41, 5.74) is 6.69. The molecule has 0 bridgehead atoms. The van der Waals surface area contributed by atoms with Crippen LogP contribution in [0.5, 0.6) is 0 Å². The largest absolute Gasteiger partial charge is 0.465 e. The quantitative estimate of drug-likeness (QED) is 0.718. The standard InChI is InChI=1S/C12H16N4O2/c13-10-2-1-7(3-14-10)4-16-5-8-9(6-16)11(8)15-12(17)18/h1-3,8-9,11,15H,4-6H2,(H2,13,14)(H,17,18). The van der Waals surface area contributed by atoms with Crippen molar-refractivity contribution in [3.63, 3.8) is 0 Å². The summed E-state index contributed by atoms with van der Waals surface area (Å²) in [4.78, 5) is 16.9. The van der Waals surface area contributed by atoms with Crippen molar-refractivity contribution in [1.82, 2.24) is 15.2 Å². The highest BCUT2D eigenvalue weighted by atomic mass is 16.4. The summed E-state index contributed by atoms with van der Waals surface area (Å²) in [6.07, 6.45) is 0.885. The SMILES string of the molecule is Nc1ccc(CN2CC3C(C2)C3NC(=O)O)cn1. The lowest BCUT2D eigenvalue weighted by atomic mass is 10.2. The Balaban J connectivity index is 1.51. The third-order valence-corrected chi connectivity index (χ3v) is 3.81. The first-order chi connectivity index (χ1) is 8.63. The molecule has 2 atom stereocenters. The number of rotatable bonds is 3. The molecule has 2 aliphatic rings. The molecule has 1 aromatic heterocycles. The van der Waals surface area contributed by atoms with Crippen LogP contribution in [-0.2, 0) is 6.54 Å². The lowest BCUT2D eigenvalue weighted by Gasteiger charge is -2.19. The number of hydrogen-bond acceptors (Lipinski definition) is 4. The Labute approximate surface area is 105 Å². The van der Waals surface area contributed by atoms with Crippen molar-refractivity contribution in [2.45, 2.75) is 12.6 Å². The van der Waals surface area contributed by atoms with Crippen LogP contribution < -0.4 is 11.1 Å². The van der Waals surface area contributed by atoms with E-state index in [1.165, 1.54) is 0 Å². The van der Waals surface area contributed by atoms with Gasteiger partial charge in [0.2, 0.25) is 0 Å². The van der Waals surface area contributed by atoms with Crippen LogP contribution >= 0.6 is 0 Å². The first-order valence-corrected chi connectivity index (χ1v) is 6.05. The van der Waals surface area contributed by atoms with Gasteiger partial charge in [0, 0.05) is 31.9 Å². The van der Waals surface area contributed by atoms with E-state index in [-0.39, 0.29) is 6.04 Å². The molecule has 1 aliphatic heterocycles. The van der Waals surface area contributed by atoms with Gasteiger partial charge < -0.3 is 16.2 Å². The molecule has 1 saturated carbocycles. The monoisotopic (exact) mass is 248 g/mol. The third kappa shape index (κ3) is 2.11. The molecule has 96 valence electrons. The molecule has 4 N–H and O–H groups in total. The lowest BCUT2D eigenvalue weighted by molar-refractivity contribution is 0.190. The topological polar surface area (TPSA) is 91.5 Å². The van der Waals surface area contributed by atoms with Crippen LogP contribution in [0.15, 0.2) is 18.3 Å². The highest BCUT2D eigenvalue weighted by Crippen LogP contribution is 2.45. The molecule has 6 heteroatoms. The number of anilines is 1. The van der Waals surface area contributed by atoms with Gasteiger partial charge in [0.25, 0.3) is 0 Å². The molecule has 1 aliphatic carbocycles. The van der Waals surface area contributed by atoms with Gasteiger partial charge in [-0.15, -0.1) is 0 Å². The minimum absolute atomic E-state index is 0.170. The number of pyridine rings is 1. The number of fused-ring (bicyclic) bond motifs is 1. The smallest absolute Gasteiger partial charge is 0.404 e. The van der Waals surface area contributed by atoms with Crippen molar-refractivity contribution in [3.8, 4) is 0 Å². The molecule has 1 aromatic rings. The molecule has 6 nitrogen and oxygen atoms in total. The van der Waals surface area contributed by atoms with Crippen molar-refractivity contribution >= 4 is 11.9 Å². The Bertz CT molecular complexity index is 450. The van der Waals surface area contributed by atoms with Crippen LogP contribution in [0.2, 0.25) is 0 Å². The molecule has 18 heavy (non-hydrogen) atoms. The van der Waals surface area contributed by atoms with Gasteiger partial charge in [-0.25, -0.2) is 9.78 Å². The van der Waals surface area contributed by atoms with Crippen LogP contribution in [0.1, 0.15) is 5.56 Å². The molecule has 1 amide bonds. The highest BCUT2D eigenvalue weighted by molar-refractivity contribution is 5.65. The average molecular weight is 248 g/mol. The van der Waals surface area contributed by atoms with Gasteiger partial charge >= 0.3 is 6.09 Å². The van der Waals surface area contributed by atoms with Crippen molar-refractivity contribution in [1.29, 1.82) is 0 Å². The predicted molar refractivity (Wildman–Crippen MR) is 65.9 cm³/mol. The normalized spacial score (nSPS) is 29.9. The summed E-state index contributed by atoms with van der Waals surface area (Å²) in [6.45, 7) is 2.78. The van der Waals surface area contributed by atoms with Crippen molar-refractivity contribution < 1.29 is 9.90 Å². The number of nitrogens with two attached hydrogens (primary N) is 1. The third-order valence-electron chi connectivity index (χ3n) is 3.81. The van der Waals surface area contributed by atoms with Gasteiger partial charge in [-0.2, -0.15) is 0 Å². The summed E-state index contributed by atoms with van der Waals surface area (Å²) in [6, 6.07) is 3.96. The molecule has 2 fully saturated rings. The predicted octanol–water partition coefficient (Wildman–Crippen LogP) is 0.362. The van der Waals surface area contributed by atoms with Crippen molar-refractivity contribution in [2.75, 3.05) is 18.8 Å². The molecule has 2 unspecified atom stereocenters. The number of nitrogens with zero attached hydrogens (tertiary/aromatic N) is 2. The van der Waals surface area contributed by atoms with E-state index >= 15 is 0 Å². The fourth-order valence-electron chi connectivity index (χ4n) is 2.89. The minimum atomic E-state index is -0.913. The molecule has 1 saturated heterocycles. The number of likely N-dealkylation sites (tertiary alicyclic amines) is 1. The first-order valence-electron chi connectivity index (χ1n) is 6.05. The maximum Gasteiger partial charge on any atom is 0.404 e. The summed E-state index contributed by atoms with van der Waals surface area (Å²) >= 11 is 0. The summed E-state index contributed by atoms with van der Waals surface area (Å²) in [5, 5.41) is 11.2. The van der Waals surface area contributed by atoms with Gasteiger partial charge in [0.05, 0.1) is 0 Å². The van der Waals surface area contributed by atoms with E-state index in [0.29, 0.717) is 17.7 Å². The zero-order valence-electron chi connectivity index (χ0n) is 9.91. The molecule has 0 aromatic carbocycles. The number of hydrogen-bond donors (Lipinski definition) is 3. The van der Waals surface area contributed by atoms with Gasteiger partial charge in [0.15, 0.2) is 0 Å². The first kappa shape index (κ1) is 11.3. The number of aromatic nitrogens is 1. The second kappa shape index (κ2) is 4.13. The number of piperidine rings is 1. The van der Waals surface area contributed by atoms with E-state index in [1.54, 1.807) is 12.3 Å². The van der Waals surface area contributed by atoms with Gasteiger partial charge in [-0.05, 0) is 23.5 Å². The van der Waals surface area contributed by atoms with E-state index in [1.807, 2.05) is 6.07 Å². The Morgan fingerprint density at radius 3 is 2.78 bits per heavy atom. The van der Waals surface area contributed by atoms with Crippen LogP contribution in [0.3, 0.4) is 0 Å². The van der Waals surface area contributed by atoms with E-state index in [0.717, 1.165) is 25.2 Å². The average Bonchev–Trinajstić information content (AvgIpc) is 2.78. The second-order valence-electron chi connectivity index (χ2n) is 5.09. The fraction of sp³-hybridized carbons (Fsp3) is 0.500. The molecule has 0 spiro atoms. The Morgan fingerprint density at radius 1 is 1.50 bits per heavy atom. The minimum Gasteiger partial charge on any atom is -0.465 e. The Kier molecular flexibility index (Phi) is 2.59. The lowest BCUT2D eigenvalue weighted by Crippen LogP contribution is -2.33. The van der Waals surface area contributed by atoms with Crippen LogP contribution in [0.4, 0.5) is 10.6 Å². The van der Waals surface area contributed by atoms with Gasteiger partial charge in [-0.1, -0.05) is 6.07 Å². The zero-order valence-corrected chi connectivity index (χ0v) is 9.91. The second-order valence-corrected chi connectivity index (χ2v) is 5.09. The fourth-order valence-corrected chi connectivity index (χ4v) is 2.89.